The Morgan fingerprint density at radius 3 is 2.93 bits per heavy atom. The molecule has 1 saturated carbocycles. The van der Waals surface area contributed by atoms with Gasteiger partial charge in [0.05, 0.1) is 6.20 Å². The van der Waals surface area contributed by atoms with E-state index < -0.39 is 0 Å². The highest BCUT2D eigenvalue weighted by Gasteiger charge is 2.34. The third kappa shape index (κ3) is 2.04. The molecule has 78 valence electrons. The minimum Gasteiger partial charge on any atom is -0.358 e. The van der Waals surface area contributed by atoms with E-state index in [0.29, 0.717) is 11.5 Å². The van der Waals surface area contributed by atoms with Crippen molar-refractivity contribution in [2.75, 3.05) is 5.32 Å². The zero-order chi connectivity index (χ0) is 10.2. The van der Waals surface area contributed by atoms with Crippen molar-refractivity contribution in [3.05, 3.63) is 10.5 Å². The average molecular weight is 231 g/mol. The van der Waals surface area contributed by atoms with Crippen LogP contribution in [0, 0.1) is 5.41 Å². The van der Waals surface area contributed by atoms with Crippen molar-refractivity contribution in [1.82, 2.24) is 4.98 Å². The fourth-order valence-corrected chi connectivity index (χ4v) is 2.93. The van der Waals surface area contributed by atoms with Gasteiger partial charge >= 0.3 is 0 Å². The number of aromatic nitrogens is 1. The lowest BCUT2D eigenvalue weighted by Crippen LogP contribution is -2.30. The molecule has 0 saturated heterocycles. The second-order valence-electron chi connectivity index (χ2n) is 4.55. The van der Waals surface area contributed by atoms with Crippen LogP contribution < -0.4 is 5.32 Å². The predicted octanol–water partition coefficient (Wildman–Crippen LogP) is 3.79. The molecule has 1 aliphatic rings. The first kappa shape index (κ1) is 10.2. The lowest BCUT2D eigenvalue weighted by molar-refractivity contribution is 0.350. The Kier molecular flexibility index (Phi) is 2.71. The van der Waals surface area contributed by atoms with Crippen molar-refractivity contribution in [2.24, 2.45) is 5.41 Å². The molecule has 0 bridgehead atoms. The SMILES string of the molecule is CC1(C)CCCC1Nc1ncc(Cl)s1. The first-order valence-corrected chi connectivity index (χ1v) is 6.15. The van der Waals surface area contributed by atoms with Crippen LogP contribution in [-0.2, 0) is 0 Å². The maximum Gasteiger partial charge on any atom is 0.184 e. The van der Waals surface area contributed by atoms with Crippen LogP contribution in [0.4, 0.5) is 5.13 Å². The number of halogens is 1. The Morgan fingerprint density at radius 2 is 2.43 bits per heavy atom. The number of nitrogens with zero attached hydrogens (tertiary/aromatic N) is 1. The van der Waals surface area contributed by atoms with E-state index in [-0.39, 0.29) is 0 Å². The third-order valence-electron chi connectivity index (χ3n) is 3.03. The predicted molar refractivity (Wildman–Crippen MR) is 62.2 cm³/mol. The lowest BCUT2D eigenvalue weighted by atomic mass is 9.87. The van der Waals surface area contributed by atoms with Crippen LogP contribution in [0.2, 0.25) is 4.34 Å². The molecule has 1 unspecified atom stereocenters. The van der Waals surface area contributed by atoms with Gasteiger partial charge in [0, 0.05) is 6.04 Å². The highest BCUT2D eigenvalue weighted by molar-refractivity contribution is 7.19. The molecule has 1 aliphatic carbocycles. The summed E-state index contributed by atoms with van der Waals surface area (Å²) >= 11 is 7.35. The molecule has 14 heavy (non-hydrogen) atoms. The number of thiazole rings is 1. The molecular formula is C10H15ClN2S. The fourth-order valence-electron chi connectivity index (χ4n) is 2.06. The second-order valence-corrected chi connectivity index (χ2v) is 6.21. The van der Waals surface area contributed by atoms with E-state index in [4.69, 9.17) is 11.6 Å². The van der Waals surface area contributed by atoms with Crippen LogP contribution in [-0.4, -0.2) is 11.0 Å². The monoisotopic (exact) mass is 230 g/mol. The van der Waals surface area contributed by atoms with Gasteiger partial charge < -0.3 is 5.32 Å². The molecule has 2 rings (SSSR count). The topological polar surface area (TPSA) is 24.9 Å². The van der Waals surface area contributed by atoms with Gasteiger partial charge in [-0.3, -0.25) is 0 Å². The molecule has 0 spiro atoms. The van der Waals surface area contributed by atoms with E-state index in [2.05, 4.69) is 24.1 Å². The minimum absolute atomic E-state index is 0.387. The largest absolute Gasteiger partial charge is 0.358 e. The summed E-state index contributed by atoms with van der Waals surface area (Å²) in [6.45, 7) is 4.62. The number of nitrogens with one attached hydrogen (secondary N) is 1. The lowest BCUT2D eigenvalue weighted by Gasteiger charge is -2.27. The van der Waals surface area contributed by atoms with Crippen molar-refractivity contribution in [1.29, 1.82) is 0 Å². The van der Waals surface area contributed by atoms with Crippen LogP contribution >= 0.6 is 22.9 Å². The molecule has 2 nitrogen and oxygen atoms in total. The average Bonchev–Trinajstić information content (AvgIpc) is 2.61. The fraction of sp³-hybridized carbons (Fsp3) is 0.700. The van der Waals surface area contributed by atoms with E-state index in [0.717, 1.165) is 9.47 Å². The molecular weight excluding hydrogens is 216 g/mol. The normalized spacial score (nSPS) is 25.2. The standard InChI is InChI=1S/C10H15ClN2S/c1-10(2)5-3-4-7(10)13-9-12-6-8(11)14-9/h6-7H,3-5H2,1-2H3,(H,12,13). The number of hydrogen-bond acceptors (Lipinski definition) is 3. The van der Waals surface area contributed by atoms with Crippen molar-refractivity contribution in [3.8, 4) is 0 Å². The maximum absolute atomic E-state index is 5.83. The second kappa shape index (κ2) is 3.70. The van der Waals surface area contributed by atoms with E-state index >= 15 is 0 Å². The number of anilines is 1. The van der Waals surface area contributed by atoms with Gasteiger partial charge in [0.1, 0.15) is 4.34 Å². The molecule has 0 amide bonds. The van der Waals surface area contributed by atoms with Crippen LogP contribution in [0.1, 0.15) is 33.1 Å². The maximum atomic E-state index is 5.83. The van der Waals surface area contributed by atoms with Gasteiger partial charge in [-0.2, -0.15) is 0 Å². The molecule has 1 N–H and O–H groups in total. The number of rotatable bonds is 2. The summed E-state index contributed by atoms with van der Waals surface area (Å²) in [7, 11) is 0. The van der Waals surface area contributed by atoms with E-state index in [9.17, 15) is 0 Å². The zero-order valence-corrected chi connectivity index (χ0v) is 10.1. The first-order chi connectivity index (χ1) is 6.58. The van der Waals surface area contributed by atoms with Crippen molar-refractivity contribution in [2.45, 2.75) is 39.2 Å². The Morgan fingerprint density at radius 1 is 1.64 bits per heavy atom. The zero-order valence-electron chi connectivity index (χ0n) is 8.51. The van der Waals surface area contributed by atoms with E-state index in [1.54, 1.807) is 6.20 Å². The molecule has 0 aromatic carbocycles. The number of hydrogen-bond donors (Lipinski definition) is 1. The van der Waals surface area contributed by atoms with Crippen LogP contribution in [0.3, 0.4) is 0 Å². The van der Waals surface area contributed by atoms with Gasteiger partial charge in [-0.05, 0) is 18.3 Å². The Balaban J connectivity index is 2.04. The third-order valence-corrected chi connectivity index (χ3v) is 4.08. The van der Waals surface area contributed by atoms with Gasteiger partial charge in [0.15, 0.2) is 5.13 Å². The molecule has 0 aliphatic heterocycles. The molecule has 1 fully saturated rings. The first-order valence-electron chi connectivity index (χ1n) is 4.96. The Hall–Kier alpha value is -0.280. The molecule has 1 aromatic heterocycles. The highest BCUT2D eigenvalue weighted by Crippen LogP contribution is 2.39. The molecule has 0 radical (unpaired) electrons. The smallest absolute Gasteiger partial charge is 0.184 e. The molecule has 1 atom stereocenters. The summed E-state index contributed by atoms with van der Waals surface area (Å²) in [5, 5.41) is 4.43. The Labute approximate surface area is 93.7 Å². The van der Waals surface area contributed by atoms with Gasteiger partial charge in [-0.25, -0.2) is 4.98 Å². The minimum atomic E-state index is 0.387. The summed E-state index contributed by atoms with van der Waals surface area (Å²) < 4.78 is 0.753. The summed E-state index contributed by atoms with van der Waals surface area (Å²) in [6.07, 6.45) is 5.55. The quantitative estimate of drug-likeness (QED) is 0.836. The van der Waals surface area contributed by atoms with Gasteiger partial charge in [0.25, 0.3) is 0 Å². The van der Waals surface area contributed by atoms with Crippen molar-refractivity contribution < 1.29 is 0 Å². The van der Waals surface area contributed by atoms with E-state index in [1.807, 2.05) is 0 Å². The van der Waals surface area contributed by atoms with Gasteiger partial charge in [0.2, 0.25) is 0 Å². The molecule has 1 aromatic rings. The summed E-state index contributed by atoms with van der Waals surface area (Å²) in [4.78, 5) is 4.22. The molecule has 1 heterocycles. The van der Waals surface area contributed by atoms with Crippen molar-refractivity contribution >= 4 is 28.1 Å². The van der Waals surface area contributed by atoms with E-state index in [1.165, 1.54) is 30.6 Å². The van der Waals surface area contributed by atoms with Gasteiger partial charge in [-0.1, -0.05) is 43.2 Å². The van der Waals surface area contributed by atoms with Crippen LogP contribution in [0.25, 0.3) is 0 Å². The summed E-state index contributed by atoms with van der Waals surface area (Å²) in [5.41, 5.74) is 0.387. The summed E-state index contributed by atoms with van der Waals surface area (Å²) in [6, 6.07) is 0.546. The van der Waals surface area contributed by atoms with Crippen LogP contribution in [0.15, 0.2) is 6.20 Å². The van der Waals surface area contributed by atoms with Gasteiger partial charge in [-0.15, -0.1) is 0 Å². The van der Waals surface area contributed by atoms with Crippen LogP contribution in [0.5, 0.6) is 0 Å². The van der Waals surface area contributed by atoms with Crippen molar-refractivity contribution in [3.63, 3.8) is 0 Å². The summed E-state index contributed by atoms with van der Waals surface area (Å²) in [5.74, 6) is 0. The Bertz CT molecular complexity index is 322. The highest BCUT2D eigenvalue weighted by atomic mass is 35.5. The molecule has 4 heteroatoms.